The molecule has 1 atom stereocenters. The molecule has 4 nitrogen and oxygen atoms in total. The minimum Gasteiger partial charge on any atom is -0.383 e. The summed E-state index contributed by atoms with van der Waals surface area (Å²) in [7, 11) is 0. The van der Waals surface area contributed by atoms with Gasteiger partial charge in [-0.15, -0.1) is 0 Å². The van der Waals surface area contributed by atoms with Crippen LogP contribution in [0.25, 0.3) is 0 Å². The molecule has 0 saturated carbocycles. The number of aliphatic hydroxyl groups is 1. The summed E-state index contributed by atoms with van der Waals surface area (Å²) in [5.74, 6) is 0.737. The lowest BCUT2D eigenvalue weighted by atomic mass is 10.00. The first kappa shape index (κ1) is 18.5. The number of thiophene rings is 1. The first-order valence-electron chi connectivity index (χ1n) is 8.34. The Balaban J connectivity index is 1.91. The molecule has 130 valence electrons. The fraction of sp³-hybridized carbons (Fsp3) is 0.421. The molecular formula is C19H27N3OS. The number of nitrogens with zero attached hydrogens (tertiary/aromatic N) is 1. The van der Waals surface area contributed by atoms with Crippen molar-refractivity contribution in [2.45, 2.75) is 32.8 Å². The SMILES string of the molecule is CCNC(=NCC(C)(O)c1ccsc1)NCCc1cccc(C)c1. The molecule has 2 aromatic rings. The maximum atomic E-state index is 10.6. The molecule has 1 heterocycles. The molecule has 1 aromatic carbocycles. The molecule has 2 rings (SSSR count). The lowest BCUT2D eigenvalue weighted by Gasteiger charge is -2.21. The van der Waals surface area contributed by atoms with Gasteiger partial charge in [-0.2, -0.15) is 11.3 Å². The Morgan fingerprint density at radius 1 is 1.29 bits per heavy atom. The lowest BCUT2D eigenvalue weighted by Crippen LogP contribution is -2.39. The summed E-state index contributed by atoms with van der Waals surface area (Å²) in [5.41, 5.74) is 2.55. The van der Waals surface area contributed by atoms with Gasteiger partial charge in [-0.3, -0.25) is 0 Å². The minimum atomic E-state index is -0.946. The van der Waals surface area contributed by atoms with Crippen LogP contribution >= 0.6 is 11.3 Å². The lowest BCUT2D eigenvalue weighted by molar-refractivity contribution is 0.0677. The van der Waals surface area contributed by atoms with Gasteiger partial charge in [0.15, 0.2) is 5.96 Å². The number of hydrogen-bond acceptors (Lipinski definition) is 3. The highest BCUT2D eigenvalue weighted by atomic mass is 32.1. The van der Waals surface area contributed by atoms with Crippen LogP contribution in [0.1, 0.15) is 30.5 Å². The maximum Gasteiger partial charge on any atom is 0.191 e. The second-order valence-corrected chi connectivity index (χ2v) is 6.93. The fourth-order valence-electron chi connectivity index (χ4n) is 2.43. The van der Waals surface area contributed by atoms with Crippen LogP contribution in [0.3, 0.4) is 0 Å². The Labute approximate surface area is 148 Å². The molecule has 0 saturated heterocycles. The number of aryl methyl sites for hydroxylation is 1. The van der Waals surface area contributed by atoms with Gasteiger partial charge in [0, 0.05) is 13.1 Å². The molecule has 3 N–H and O–H groups in total. The van der Waals surface area contributed by atoms with Gasteiger partial charge in [-0.05, 0) is 55.1 Å². The van der Waals surface area contributed by atoms with Crippen molar-refractivity contribution in [3.8, 4) is 0 Å². The smallest absolute Gasteiger partial charge is 0.191 e. The van der Waals surface area contributed by atoms with Crippen LogP contribution < -0.4 is 10.6 Å². The van der Waals surface area contributed by atoms with Crippen LogP contribution in [-0.4, -0.2) is 30.7 Å². The molecule has 0 radical (unpaired) electrons. The van der Waals surface area contributed by atoms with E-state index >= 15 is 0 Å². The Hall–Kier alpha value is -1.85. The molecule has 0 amide bonds. The van der Waals surface area contributed by atoms with Crippen molar-refractivity contribution in [2.24, 2.45) is 4.99 Å². The van der Waals surface area contributed by atoms with E-state index in [-0.39, 0.29) is 0 Å². The Morgan fingerprint density at radius 2 is 2.12 bits per heavy atom. The van der Waals surface area contributed by atoms with Crippen LogP contribution in [0.5, 0.6) is 0 Å². The van der Waals surface area contributed by atoms with Gasteiger partial charge in [-0.1, -0.05) is 29.8 Å². The third-order valence-corrected chi connectivity index (χ3v) is 4.50. The van der Waals surface area contributed by atoms with E-state index in [1.807, 2.05) is 23.8 Å². The van der Waals surface area contributed by atoms with Crippen LogP contribution in [0.15, 0.2) is 46.1 Å². The van der Waals surface area contributed by atoms with E-state index in [0.29, 0.717) is 6.54 Å². The summed E-state index contributed by atoms with van der Waals surface area (Å²) < 4.78 is 0. The Bertz CT molecular complexity index is 650. The van der Waals surface area contributed by atoms with E-state index < -0.39 is 5.60 Å². The molecule has 0 aliphatic rings. The van der Waals surface area contributed by atoms with Crippen molar-refractivity contribution < 1.29 is 5.11 Å². The van der Waals surface area contributed by atoms with Gasteiger partial charge in [0.1, 0.15) is 5.60 Å². The normalized spacial score (nSPS) is 14.2. The average Bonchev–Trinajstić information content (AvgIpc) is 3.08. The average molecular weight is 346 g/mol. The van der Waals surface area contributed by atoms with Crippen LogP contribution in [0.2, 0.25) is 0 Å². The zero-order valence-electron chi connectivity index (χ0n) is 14.7. The molecule has 24 heavy (non-hydrogen) atoms. The number of nitrogens with one attached hydrogen (secondary N) is 2. The quantitative estimate of drug-likeness (QED) is 0.534. The van der Waals surface area contributed by atoms with E-state index in [4.69, 9.17) is 0 Å². The Kier molecular flexibility index (Phi) is 6.82. The van der Waals surface area contributed by atoms with Gasteiger partial charge in [0.25, 0.3) is 0 Å². The monoisotopic (exact) mass is 345 g/mol. The summed E-state index contributed by atoms with van der Waals surface area (Å²) in [6.07, 6.45) is 0.938. The van der Waals surface area contributed by atoms with Gasteiger partial charge in [0.05, 0.1) is 6.54 Å². The number of aliphatic imine (C=N–C) groups is 1. The van der Waals surface area contributed by atoms with Crippen molar-refractivity contribution in [3.05, 3.63) is 57.8 Å². The summed E-state index contributed by atoms with van der Waals surface area (Å²) in [5, 5.41) is 21.1. The second-order valence-electron chi connectivity index (χ2n) is 6.15. The highest BCUT2D eigenvalue weighted by molar-refractivity contribution is 7.08. The third kappa shape index (κ3) is 5.65. The second kappa shape index (κ2) is 8.85. The zero-order valence-corrected chi connectivity index (χ0v) is 15.5. The van der Waals surface area contributed by atoms with Crippen molar-refractivity contribution in [2.75, 3.05) is 19.6 Å². The summed E-state index contributed by atoms with van der Waals surface area (Å²) in [6.45, 7) is 7.86. The zero-order chi connectivity index (χ0) is 17.4. The van der Waals surface area contributed by atoms with Gasteiger partial charge < -0.3 is 15.7 Å². The summed E-state index contributed by atoms with van der Waals surface area (Å²) in [4.78, 5) is 4.54. The van der Waals surface area contributed by atoms with Crippen molar-refractivity contribution in [3.63, 3.8) is 0 Å². The highest BCUT2D eigenvalue weighted by Crippen LogP contribution is 2.23. The molecule has 0 spiro atoms. The van der Waals surface area contributed by atoms with Crippen molar-refractivity contribution in [1.82, 2.24) is 10.6 Å². The van der Waals surface area contributed by atoms with Gasteiger partial charge >= 0.3 is 0 Å². The van der Waals surface area contributed by atoms with E-state index in [2.05, 4.69) is 46.8 Å². The molecule has 5 heteroatoms. The first-order valence-corrected chi connectivity index (χ1v) is 9.28. The molecule has 0 fully saturated rings. The molecule has 0 aliphatic heterocycles. The van der Waals surface area contributed by atoms with E-state index in [9.17, 15) is 5.11 Å². The van der Waals surface area contributed by atoms with Crippen molar-refractivity contribution in [1.29, 1.82) is 0 Å². The minimum absolute atomic E-state index is 0.323. The van der Waals surface area contributed by atoms with Gasteiger partial charge in [-0.25, -0.2) is 4.99 Å². The molecule has 0 aliphatic carbocycles. The summed E-state index contributed by atoms with van der Waals surface area (Å²) >= 11 is 1.58. The first-order chi connectivity index (χ1) is 11.5. The number of benzene rings is 1. The molecular weight excluding hydrogens is 318 g/mol. The van der Waals surface area contributed by atoms with Gasteiger partial charge in [0.2, 0.25) is 0 Å². The predicted octanol–water partition coefficient (Wildman–Crippen LogP) is 3.06. The largest absolute Gasteiger partial charge is 0.383 e. The molecule has 0 bridgehead atoms. The van der Waals surface area contributed by atoms with Crippen molar-refractivity contribution >= 4 is 17.3 Å². The Morgan fingerprint density at radius 3 is 2.79 bits per heavy atom. The maximum absolute atomic E-state index is 10.6. The summed E-state index contributed by atoms with van der Waals surface area (Å²) in [6, 6.07) is 10.5. The third-order valence-electron chi connectivity index (χ3n) is 3.82. The van der Waals surface area contributed by atoms with Crippen LogP contribution in [0.4, 0.5) is 0 Å². The topological polar surface area (TPSA) is 56.7 Å². The van der Waals surface area contributed by atoms with Crippen LogP contribution in [-0.2, 0) is 12.0 Å². The number of hydrogen-bond donors (Lipinski definition) is 3. The molecule has 1 aromatic heterocycles. The van der Waals surface area contributed by atoms with E-state index in [0.717, 1.165) is 31.0 Å². The van der Waals surface area contributed by atoms with E-state index in [1.54, 1.807) is 18.3 Å². The number of guanidine groups is 1. The predicted molar refractivity (Wildman–Crippen MR) is 103 cm³/mol. The van der Waals surface area contributed by atoms with E-state index in [1.165, 1.54) is 11.1 Å². The van der Waals surface area contributed by atoms with Crippen LogP contribution in [0, 0.1) is 6.92 Å². The highest BCUT2D eigenvalue weighted by Gasteiger charge is 2.23. The molecule has 1 unspecified atom stereocenters. The number of rotatable bonds is 7. The standard InChI is InChI=1S/C19H27N3OS/c1-4-20-18(21-10-8-16-7-5-6-15(2)12-16)22-14-19(3,23)17-9-11-24-13-17/h5-7,9,11-13,23H,4,8,10,14H2,1-3H3,(H2,20,21,22). The fourth-order valence-corrected chi connectivity index (χ4v) is 3.21.